The summed E-state index contributed by atoms with van der Waals surface area (Å²) in [7, 11) is -3.46. The van der Waals surface area contributed by atoms with Gasteiger partial charge in [-0.05, 0) is 62.3 Å². The predicted molar refractivity (Wildman–Crippen MR) is 99.4 cm³/mol. The second-order valence-corrected chi connectivity index (χ2v) is 9.62. The molecule has 1 aliphatic heterocycles. The van der Waals surface area contributed by atoms with Gasteiger partial charge in [-0.1, -0.05) is 6.07 Å². The van der Waals surface area contributed by atoms with Crippen LogP contribution >= 0.6 is 0 Å². The molecule has 7 heteroatoms. The van der Waals surface area contributed by atoms with Gasteiger partial charge >= 0.3 is 0 Å². The Morgan fingerprint density at radius 1 is 1.12 bits per heavy atom. The third-order valence-electron chi connectivity index (χ3n) is 5.83. The van der Waals surface area contributed by atoms with Crippen LogP contribution in [-0.4, -0.2) is 61.8 Å². The van der Waals surface area contributed by atoms with Crippen molar-refractivity contribution < 1.29 is 13.2 Å². The van der Waals surface area contributed by atoms with Crippen LogP contribution in [0.2, 0.25) is 0 Å². The Hall–Kier alpha value is -1.44. The van der Waals surface area contributed by atoms with Gasteiger partial charge in [-0.2, -0.15) is 4.31 Å². The monoisotopic (exact) mass is 377 g/mol. The average Bonchev–Trinajstić information content (AvgIpc) is 3.33. The van der Waals surface area contributed by atoms with E-state index in [9.17, 15) is 13.2 Å². The molecule has 3 aliphatic rings. The van der Waals surface area contributed by atoms with Gasteiger partial charge in [0.2, 0.25) is 15.9 Å². The van der Waals surface area contributed by atoms with Gasteiger partial charge in [0, 0.05) is 32.2 Å². The molecule has 1 aromatic rings. The summed E-state index contributed by atoms with van der Waals surface area (Å²) in [6.07, 6.45) is 5.28. The molecule has 1 atom stereocenters. The SMILES string of the molecule is CC(C(=O)NC1CC1)N1CCN(S(=O)(=O)c2ccc3c(c2)CCC3)CC1. The van der Waals surface area contributed by atoms with Crippen molar-refractivity contribution in [3.8, 4) is 0 Å². The van der Waals surface area contributed by atoms with E-state index in [2.05, 4.69) is 10.2 Å². The van der Waals surface area contributed by atoms with Crippen LogP contribution in [0.5, 0.6) is 0 Å². The first-order chi connectivity index (χ1) is 12.4. The Labute approximate surface area is 155 Å². The minimum absolute atomic E-state index is 0.0578. The van der Waals surface area contributed by atoms with E-state index in [1.54, 1.807) is 10.4 Å². The molecule has 0 spiro atoms. The first-order valence-electron chi connectivity index (χ1n) is 9.61. The molecule has 1 saturated carbocycles. The fourth-order valence-corrected chi connectivity index (χ4v) is 5.38. The molecular weight excluding hydrogens is 350 g/mol. The molecule has 0 bridgehead atoms. The van der Waals surface area contributed by atoms with E-state index in [1.807, 2.05) is 19.1 Å². The number of carbonyl (C=O) groups excluding carboxylic acids is 1. The van der Waals surface area contributed by atoms with Crippen molar-refractivity contribution in [1.29, 1.82) is 0 Å². The minimum atomic E-state index is -3.46. The number of fused-ring (bicyclic) bond motifs is 1. The number of rotatable bonds is 5. The molecule has 4 rings (SSSR count). The van der Waals surface area contributed by atoms with Crippen LogP contribution in [0.4, 0.5) is 0 Å². The van der Waals surface area contributed by atoms with E-state index in [0.29, 0.717) is 37.1 Å². The van der Waals surface area contributed by atoms with Crippen molar-refractivity contribution in [3.63, 3.8) is 0 Å². The second-order valence-electron chi connectivity index (χ2n) is 7.68. The summed E-state index contributed by atoms with van der Waals surface area (Å²) in [6.45, 7) is 3.94. The zero-order valence-electron chi connectivity index (χ0n) is 15.3. The third kappa shape index (κ3) is 3.52. The molecule has 2 fully saturated rings. The van der Waals surface area contributed by atoms with Gasteiger partial charge in [-0.15, -0.1) is 0 Å². The number of amides is 1. The zero-order valence-corrected chi connectivity index (χ0v) is 16.1. The Kier molecular flexibility index (Phi) is 4.79. The number of benzene rings is 1. The fraction of sp³-hybridized carbons (Fsp3) is 0.632. The topological polar surface area (TPSA) is 69.7 Å². The van der Waals surface area contributed by atoms with Crippen molar-refractivity contribution in [2.75, 3.05) is 26.2 Å². The van der Waals surface area contributed by atoms with Crippen LogP contribution in [0.1, 0.15) is 37.3 Å². The molecule has 26 heavy (non-hydrogen) atoms. The van der Waals surface area contributed by atoms with Gasteiger partial charge in [-0.3, -0.25) is 9.69 Å². The highest BCUT2D eigenvalue weighted by Gasteiger charge is 2.33. The van der Waals surface area contributed by atoms with E-state index in [-0.39, 0.29) is 11.9 Å². The molecule has 6 nitrogen and oxygen atoms in total. The lowest BCUT2D eigenvalue weighted by molar-refractivity contribution is -0.126. The molecular formula is C19H27N3O3S. The van der Waals surface area contributed by atoms with Crippen LogP contribution in [0.15, 0.2) is 23.1 Å². The molecule has 1 N–H and O–H groups in total. The number of sulfonamides is 1. The van der Waals surface area contributed by atoms with Gasteiger partial charge in [0.15, 0.2) is 0 Å². The molecule has 1 unspecified atom stereocenters. The van der Waals surface area contributed by atoms with Crippen molar-refractivity contribution in [1.82, 2.24) is 14.5 Å². The molecule has 0 radical (unpaired) electrons. The Morgan fingerprint density at radius 2 is 1.81 bits per heavy atom. The molecule has 2 aliphatic carbocycles. The number of piperazine rings is 1. The zero-order chi connectivity index (χ0) is 18.3. The van der Waals surface area contributed by atoms with Gasteiger partial charge < -0.3 is 5.32 Å². The molecule has 1 saturated heterocycles. The van der Waals surface area contributed by atoms with Crippen molar-refractivity contribution >= 4 is 15.9 Å². The normalized spacial score (nSPS) is 22.8. The van der Waals surface area contributed by atoms with Crippen LogP contribution in [0, 0.1) is 0 Å². The lowest BCUT2D eigenvalue weighted by Gasteiger charge is -2.36. The summed E-state index contributed by atoms with van der Waals surface area (Å²) in [5, 5.41) is 3.03. The molecule has 142 valence electrons. The van der Waals surface area contributed by atoms with Crippen molar-refractivity contribution in [3.05, 3.63) is 29.3 Å². The Bertz CT molecular complexity index is 796. The highest BCUT2D eigenvalue weighted by atomic mass is 32.2. The highest BCUT2D eigenvalue weighted by molar-refractivity contribution is 7.89. The number of carbonyl (C=O) groups is 1. The highest BCUT2D eigenvalue weighted by Crippen LogP contribution is 2.27. The summed E-state index contributed by atoms with van der Waals surface area (Å²) in [5.74, 6) is 0.0578. The first kappa shape index (κ1) is 17.9. The molecule has 0 aromatic heterocycles. The van der Waals surface area contributed by atoms with Crippen LogP contribution in [-0.2, 0) is 27.7 Å². The van der Waals surface area contributed by atoms with E-state index in [4.69, 9.17) is 0 Å². The maximum Gasteiger partial charge on any atom is 0.243 e. The lowest BCUT2D eigenvalue weighted by Crippen LogP contribution is -2.55. The Morgan fingerprint density at radius 3 is 2.50 bits per heavy atom. The third-order valence-corrected chi connectivity index (χ3v) is 7.73. The maximum atomic E-state index is 13.0. The maximum absolute atomic E-state index is 13.0. The van der Waals surface area contributed by atoms with Crippen molar-refractivity contribution in [2.24, 2.45) is 0 Å². The molecule has 1 heterocycles. The average molecular weight is 378 g/mol. The summed E-state index contributed by atoms with van der Waals surface area (Å²) in [4.78, 5) is 14.7. The first-order valence-corrected chi connectivity index (χ1v) is 11.1. The summed E-state index contributed by atoms with van der Waals surface area (Å²) in [6, 6.07) is 5.72. The molecule has 1 aromatic carbocycles. The van der Waals surface area contributed by atoms with Crippen molar-refractivity contribution in [2.45, 2.75) is 56.0 Å². The number of nitrogens with zero attached hydrogens (tertiary/aromatic N) is 2. The van der Waals surface area contributed by atoms with Gasteiger partial charge in [0.1, 0.15) is 0 Å². The van der Waals surface area contributed by atoms with Gasteiger partial charge in [0.25, 0.3) is 0 Å². The predicted octanol–water partition coefficient (Wildman–Crippen LogP) is 1.15. The summed E-state index contributed by atoms with van der Waals surface area (Å²) >= 11 is 0. The van der Waals surface area contributed by atoms with E-state index in [0.717, 1.165) is 32.1 Å². The van der Waals surface area contributed by atoms with Gasteiger partial charge in [-0.25, -0.2) is 8.42 Å². The number of hydrogen-bond acceptors (Lipinski definition) is 4. The smallest absolute Gasteiger partial charge is 0.243 e. The van der Waals surface area contributed by atoms with E-state index < -0.39 is 10.0 Å². The van der Waals surface area contributed by atoms with E-state index >= 15 is 0 Å². The quantitative estimate of drug-likeness (QED) is 0.836. The van der Waals surface area contributed by atoms with Gasteiger partial charge in [0.05, 0.1) is 10.9 Å². The standard InChI is InChI=1S/C19H27N3O3S/c1-14(19(23)20-17-6-7-17)21-9-11-22(12-10-21)26(24,25)18-8-5-15-3-2-4-16(15)13-18/h5,8,13-14,17H,2-4,6-7,9-12H2,1H3,(H,20,23). The summed E-state index contributed by atoms with van der Waals surface area (Å²) in [5.41, 5.74) is 2.46. The Balaban J connectivity index is 1.39. The fourth-order valence-electron chi connectivity index (χ4n) is 3.90. The largest absolute Gasteiger partial charge is 0.352 e. The van der Waals surface area contributed by atoms with Crippen LogP contribution in [0.25, 0.3) is 0 Å². The minimum Gasteiger partial charge on any atom is -0.352 e. The summed E-state index contributed by atoms with van der Waals surface area (Å²) < 4.78 is 27.5. The van der Waals surface area contributed by atoms with E-state index in [1.165, 1.54) is 11.1 Å². The molecule has 1 amide bonds. The van der Waals surface area contributed by atoms with Crippen LogP contribution < -0.4 is 5.32 Å². The second kappa shape index (κ2) is 6.94. The van der Waals surface area contributed by atoms with Crippen LogP contribution in [0.3, 0.4) is 0 Å². The number of aryl methyl sites for hydroxylation is 2. The number of nitrogens with one attached hydrogen (secondary N) is 1. The number of hydrogen-bond donors (Lipinski definition) is 1. The lowest BCUT2D eigenvalue weighted by atomic mass is 10.1.